The number of aliphatic hydroxyl groups is 1. The topological polar surface area (TPSA) is 29.5 Å². The smallest absolute Gasteiger partial charge is 0.106 e. The highest BCUT2D eigenvalue weighted by Crippen LogP contribution is 2.34. The highest BCUT2D eigenvalue weighted by molar-refractivity contribution is 5.35. The quantitative estimate of drug-likeness (QED) is 0.881. The Balaban J connectivity index is 3.10. The summed E-state index contributed by atoms with van der Waals surface area (Å²) < 4.78 is 5.77. The van der Waals surface area contributed by atoms with Crippen molar-refractivity contribution in [1.29, 1.82) is 0 Å². The molecule has 0 aromatic heterocycles. The van der Waals surface area contributed by atoms with E-state index in [1.54, 1.807) is 0 Å². The standard InChI is InChI=1S/C16H26O2/c1-7-18-15(16(4,5)6)14(17)13-10-8-9-11(2)12(13)3/h8-10,14-15,17H,7H2,1-6H3. The number of aliphatic hydroxyl groups excluding tert-OH is 1. The van der Waals surface area contributed by atoms with Crippen molar-refractivity contribution in [1.82, 2.24) is 0 Å². The van der Waals surface area contributed by atoms with Crippen LogP contribution in [0.2, 0.25) is 0 Å². The molecule has 1 aromatic carbocycles. The zero-order valence-electron chi connectivity index (χ0n) is 12.4. The molecule has 0 spiro atoms. The second-order valence-electron chi connectivity index (χ2n) is 5.98. The van der Waals surface area contributed by atoms with Crippen molar-refractivity contribution < 1.29 is 9.84 Å². The van der Waals surface area contributed by atoms with E-state index in [0.29, 0.717) is 6.61 Å². The molecular weight excluding hydrogens is 224 g/mol. The summed E-state index contributed by atoms with van der Waals surface area (Å²) in [5.74, 6) is 0. The van der Waals surface area contributed by atoms with E-state index in [2.05, 4.69) is 40.7 Å². The normalized spacial score (nSPS) is 15.5. The second kappa shape index (κ2) is 5.85. The maximum atomic E-state index is 10.6. The molecular formula is C16H26O2. The largest absolute Gasteiger partial charge is 0.386 e. The average molecular weight is 250 g/mol. The summed E-state index contributed by atoms with van der Waals surface area (Å²) in [5.41, 5.74) is 3.24. The lowest BCUT2D eigenvalue weighted by Crippen LogP contribution is -2.35. The van der Waals surface area contributed by atoms with Gasteiger partial charge in [-0.3, -0.25) is 0 Å². The molecule has 2 heteroatoms. The molecule has 0 bridgehead atoms. The summed E-state index contributed by atoms with van der Waals surface area (Å²) in [6.45, 7) is 13.0. The van der Waals surface area contributed by atoms with Crippen LogP contribution in [0, 0.1) is 19.3 Å². The van der Waals surface area contributed by atoms with E-state index < -0.39 is 6.10 Å². The summed E-state index contributed by atoms with van der Waals surface area (Å²) in [5, 5.41) is 10.6. The third-order valence-corrected chi connectivity index (χ3v) is 3.45. The number of rotatable bonds is 4. The van der Waals surface area contributed by atoms with Crippen LogP contribution in [0.4, 0.5) is 0 Å². The Morgan fingerprint density at radius 3 is 2.33 bits per heavy atom. The maximum absolute atomic E-state index is 10.6. The third-order valence-electron chi connectivity index (χ3n) is 3.45. The Hall–Kier alpha value is -0.860. The minimum atomic E-state index is -0.579. The van der Waals surface area contributed by atoms with Gasteiger partial charge in [0.2, 0.25) is 0 Å². The molecule has 2 nitrogen and oxygen atoms in total. The van der Waals surface area contributed by atoms with Crippen molar-refractivity contribution >= 4 is 0 Å². The van der Waals surface area contributed by atoms with Crippen molar-refractivity contribution in [2.24, 2.45) is 5.41 Å². The summed E-state index contributed by atoms with van der Waals surface area (Å²) in [6, 6.07) is 6.05. The predicted octanol–water partition coefficient (Wildman–Crippen LogP) is 3.79. The van der Waals surface area contributed by atoms with Crippen LogP contribution in [0.15, 0.2) is 18.2 Å². The van der Waals surface area contributed by atoms with Crippen molar-refractivity contribution in [2.45, 2.75) is 53.8 Å². The monoisotopic (exact) mass is 250 g/mol. The molecule has 0 saturated carbocycles. The van der Waals surface area contributed by atoms with Gasteiger partial charge in [-0.2, -0.15) is 0 Å². The van der Waals surface area contributed by atoms with Crippen molar-refractivity contribution in [3.63, 3.8) is 0 Å². The first-order chi connectivity index (χ1) is 8.29. The lowest BCUT2D eigenvalue weighted by molar-refractivity contribution is -0.0900. The fraction of sp³-hybridized carbons (Fsp3) is 0.625. The van der Waals surface area contributed by atoms with Gasteiger partial charge in [0.15, 0.2) is 0 Å². The molecule has 0 aliphatic rings. The average Bonchev–Trinajstić information content (AvgIpc) is 2.27. The van der Waals surface area contributed by atoms with E-state index in [-0.39, 0.29) is 11.5 Å². The lowest BCUT2D eigenvalue weighted by Gasteiger charge is -2.35. The zero-order valence-corrected chi connectivity index (χ0v) is 12.4. The molecule has 0 aliphatic heterocycles. The van der Waals surface area contributed by atoms with Crippen molar-refractivity contribution in [2.75, 3.05) is 6.61 Å². The van der Waals surface area contributed by atoms with Crippen LogP contribution in [0.25, 0.3) is 0 Å². The van der Waals surface area contributed by atoms with E-state index in [4.69, 9.17) is 4.74 Å². The first kappa shape index (κ1) is 15.2. The van der Waals surface area contributed by atoms with Crippen LogP contribution >= 0.6 is 0 Å². The Labute approximate surface area is 111 Å². The number of hydrogen-bond acceptors (Lipinski definition) is 2. The first-order valence-corrected chi connectivity index (χ1v) is 6.64. The molecule has 1 N–H and O–H groups in total. The molecule has 0 radical (unpaired) electrons. The predicted molar refractivity (Wildman–Crippen MR) is 75.7 cm³/mol. The van der Waals surface area contributed by atoms with Gasteiger partial charge >= 0.3 is 0 Å². The molecule has 2 unspecified atom stereocenters. The zero-order chi connectivity index (χ0) is 13.9. The number of aryl methyl sites for hydroxylation is 1. The highest BCUT2D eigenvalue weighted by atomic mass is 16.5. The van der Waals surface area contributed by atoms with Crippen LogP contribution in [0.1, 0.15) is 50.5 Å². The molecule has 0 fully saturated rings. The third kappa shape index (κ3) is 3.33. The summed E-state index contributed by atoms with van der Waals surface area (Å²) >= 11 is 0. The van der Waals surface area contributed by atoms with E-state index >= 15 is 0 Å². The fourth-order valence-electron chi connectivity index (χ4n) is 2.25. The van der Waals surface area contributed by atoms with Crippen LogP contribution in [-0.4, -0.2) is 17.8 Å². The Morgan fingerprint density at radius 1 is 1.22 bits per heavy atom. The van der Waals surface area contributed by atoms with Gasteiger partial charge < -0.3 is 9.84 Å². The minimum Gasteiger partial charge on any atom is -0.386 e. The van der Waals surface area contributed by atoms with E-state index in [1.165, 1.54) is 5.56 Å². The van der Waals surface area contributed by atoms with E-state index in [1.807, 2.05) is 19.1 Å². The SMILES string of the molecule is CCOC(C(O)c1cccc(C)c1C)C(C)(C)C. The minimum absolute atomic E-state index is 0.0917. The molecule has 0 heterocycles. The Morgan fingerprint density at radius 2 is 1.83 bits per heavy atom. The van der Waals surface area contributed by atoms with Crippen LogP contribution in [0.3, 0.4) is 0 Å². The van der Waals surface area contributed by atoms with E-state index in [0.717, 1.165) is 11.1 Å². The number of hydrogen-bond donors (Lipinski definition) is 1. The number of ether oxygens (including phenoxy) is 1. The molecule has 0 saturated heterocycles. The maximum Gasteiger partial charge on any atom is 0.106 e. The molecule has 0 amide bonds. The van der Waals surface area contributed by atoms with Gasteiger partial charge in [-0.05, 0) is 42.9 Å². The van der Waals surface area contributed by atoms with Crippen LogP contribution in [-0.2, 0) is 4.74 Å². The molecule has 1 rings (SSSR count). The van der Waals surface area contributed by atoms with Crippen molar-refractivity contribution in [3.05, 3.63) is 34.9 Å². The van der Waals surface area contributed by atoms with E-state index in [9.17, 15) is 5.11 Å². The van der Waals surface area contributed by atoms with Gasteiger partial charge in [-0.15, -0.1) is 0 Å². The van der Waals surface area contributed by atoms with Gasteiger partial charge in [-0.1, -0.05) is 39.0 Å². The molecule has 102 valence electrons. The second-order valence-corrected chi connectivity index (χ2v) is 5.98. The van der Waals surface area contributed by atoms with Crippen molar-refractivity contribution in [3.8, 4) is 0 Å². The van der Waals surface area contributed by atoms with Gasteiger partial charge in [0.1, 0.15) is 6.10 Å². The molecule has 0 aliphatic carbocycles. The summed E-state index contributed by atoms with van der Waals surface area (Å²) in [4.78, 5) is 0. The Kier molecular flexibility index (Phi) is 4.94. The number of benzene rings is 1. The van der Waals surface area contributed by atoms with Gasteiger partial charge in [-0.25, -0.2) is 0 Å². The van der Waals surface area contributed by atoms with Gasteiger partial charge in [0, 0.05) is 6.61 Å². The molecule has 18 heavy (non-hydrogen) atoms. The summed E-state index contributed by atoms with van der Waals surface area (Å²) in [6.07, 6.45) is -0.771. The Bertz CT molecular complexity index is 391. The molecule has 1 aromatic rings. The summed E-state index contributed by atoms with van der Waals surface area (Å²) in [7, 11) is 0. The van der Waals surface area contributed by atoms with Gasteiger partial charge in [0.25, 0.3) is 0 Å². The van der Waals surface area contributed by atoms with Gasteiger partial charge in [0.05, 0.1) is 6.10 Å². The first-order valence-electron chi connectivity index (χ1n) is 6.64. The van der Waals surface area contributed by atoms with Crippen LogP contribution in [0.5, 0.6) is 0 Å². The fourth-order valence-corrected chi connectivity index (χ4v) is 2.25. The lowest BCUT2D eigenvalue weighted by atomic mass is 9.82. The highest BCUT2D eigenvalue weighted by Gasteiger charge is 2.33. The van der Waals surface area contributed by atoms with Crippen LogP contribution < -0.4 is 0 Å². The molecule has 2 atom stereocenters.